The molecule has 16 heavy (non-hydrogen) atoms. The Labute approximate surface area is 94.8 Å². The third-order valence-electron chi connectivity index (χ3n) is 2.50. The fourth-order valence-electron chi connectivity index (χ4n) is 1.65. The second kappa shape index (κ2) is 5.09. The molecule has 1 aromatic heterocycles. The number of aryl methyl sites for hydroxylation is 1. The van der Waals surface area contributed by atoms with Crippen LogP contribution >= 0.6 is 0 Å². The first-order chi connectivity index (χ1) is 7.83. The number of H-pyrrole nitrogens is 1. The number of hydrogen-bond acceptors (Lipinski definition) is 3. The predicted octanol–water partition coefficient (Wildman–Crippen LogP) is 1.60. The summed E-state index contributed by atoms with van der Waals surface area (Å²) < 4.78 is 5.34. The van der Waals surface area contributed by atoms with Gasteiger partial charge in [-0.3, -0.25) is 0 Å². The number of aromatic nitrogens is 2. The van der Waals surface area contributed by atoms with Gasteiger partial charge in [-0.1, -0.05) is 13.0 Å². The molecule has 2 rings (SSSR count). The van der Waals surface area contributed by atoms with Crippen molar-refractivity contribution in [2.24, 2.45) is 5.73 Å². The van der Waals surface area contributed by atoms with Gasteiger partial charge in [0, 0.05) is 6.54 Å². The molecule has 4 heteroatoms. The Hall–Kier alpha value is -1.39. The molecule has 0 fully saturated rings. The van der Waals surface area contributed by atoms with Crippen molar-refractivity contribution >= 4 is 11.0 Å². The van der Waals surface area contributed by atoms with Crippen molar-refractivity contribution in [3.63, 3.8) is 0 Å². The summed E-state index contributed by atoms with van der Waals surface area (Å²) >= 11 is 0. The molecule has 0 unspecified atom stereocenters. The first kappa shape index (κ1) is 11.1. The van der Waals surface area contributed by atoms with Crippen molar-refractivity contribution in [2.75, 3.05) is 13.2 Å². The van der Waals surface area contributed by atoms with Crippen LogP contribution in [0.5, 0.6) is 0 Å². The van der Waals surface area contributed by atoms with Crippen LogP contribution in [0.25, 0.3) is 11.0 Å². The van der Waals surface area contributed by atoms with Crippen LogP contribution in [0.1, 0.15) is 18.3 Å². The molecule has 1 aromatic carbocycles. The van der Waals surface area contributed by atoms with Crippen LogP contribution < -0.4 is 5.73 Å². The van der Waals surface area contributed by atoms with Gasteiger partial charge < -0.3 is 15.5 Å². The van der Waals surface area contributed by atoms with Gasteiger partial charge in [0.15, 0.2) is 0 Å². The molecule has 2 aromatic rings. The van der Waals surface area contributed by atoms with Crippen LogP contribution in [-0.2, 0) is 17.8 Å². The van der Waals surface area contributed by atoms with Crippen molar-refractivity contribution in [1.29, 1.82) is 0 Å². The molecule has 0 amide bonds. The van der Waals surface area contributed by atoms with Crippen molar-refractivity contribution in [2.45, 2.75) is 20.0 Å². The molecular formula is C12H17N3O. The third-order valence-corrected chi connectivity index (χ3v) is 2.50. The van der Waals surface area contributed by atoms with Crippen molar-refractivity contribution in [1.82, 2.24) is 9.97 Å². The fourth-order valence-corrected chi connectivity index (χ4v) is 1.65. The minimum atomic E-state index is 0.493. The minimum Gasteiger partial charge on any atom is -0.372 e. The van der Waals surface area contributed by atoms with Gasteiger partial charge in [0.2, 0.25) is 0 Å². The van der Waals surface area contributed by atoms with E-state index in [1.807, 2.05) is 6.07 Å². The molecule has 0 aliphatic carbocycles. The van der Waals surface area contributed by atoms with Gasteiger partial charge >= 0.3 is 0 Å². The highest BCUT2D eigenvalue weighted by atomic mass is 16.5. The van der Waals surface area contributed by atoms with Gasteiger partial charge in [-0.05, 0) is 24.1 Å². The summed E-state index contributed by atoms with van der Waals surface area (Å²) in [6.07, 6.45) is 1.04. The molecule has 0 atom stereocenters. The largest absolute Gasteiger partial charge is 0.372 e. The average Bonchev–Trinajstić information content (AvgIpc) is 2.70. The number of imidazole rings is 1. The van der Waals surface area contributed by atoms with E-state index in [-0.39, 0.29) is 0 Å². The Morgan fingerprint density at radius 1 is 1.44 bits per heavy atom. The Bertz CT molecular complexity index is 464. The van der Waals surface area contributed by atoms with Crippen molar-refractivity contribution < 1.29 is 4.74 Å². The molecule has 1 heterocycles. The lowest BCUT2D eigenvalue weighted by atomic mass is 10.1. The summed E-state index contributed by atoms with van der Waals surface area (Å²) in [4.78, 5) is 7.69. The Morgan fingerprint density at radius 3 is 3.06 bits per heavy atom. The first-order valence-electron chi connectivity index (χ1n) is 5.59. The van der Waals surface area contributed by atoms with Crippen LogP contribution in [0.3, 0.4) is 0 Å². The second-order valence-electron chi connectivity index (χ2n) is 3.73. The van der Waals surface area contributed by atoms with Crippen LogP contribution in [0.2, 0.25) is 0 Å². The summed E-state index contributed by atoms with van der Waals surface area (Å²) in [5.74, 6) is 0.858. The zero-order valence-electron chi connectivity index (χ0n) is 9.49. The molecule has 0 radical (unpaired) electrons. The molecule has 0 saturated heterocycles. The Balaban J connectivity index is 2.16. The number of aromatic amines is 1. The van der Waals surface area contributed by atoms with Crippen molar-refractivity contribution in [3.8, 4) is 0 Å². The van der Waals surface area contributed by atoms with Gasteiger partial charge in [-0.15, -0.1) is 0 Å². The van der Waals surface area contributed by atoms with E-state index in [0.717, 1.165) is 23.3 Å². The molecule has 86 valence electrons. The van der Waals surface area contributed by atoms with Gasteiger partial charge in [-0.2, -0.15) is 0 Å². The van der Waals surface area contributed by atoms with Crippen molar-refractivity contribution in [3.05, 3.63) is 29.6 Å². The maximum atomic E-state index is 5.35. The maximum absolute atomic E-state index is 5.35. The number of nitrogens with one attached hydrogen (secondary N) is 1. The van der Waals surface area contributed by atoms with Crippen LogP contribution in [0.15, 0.2) is 18.2 Å². The minimum absolute atomic E-state index is 0.493. The zero-order valence-corrected chi connectivity index (χ0v) is 9.49. The number of nitrogens with two attached hydrogens (primary N) is 1. The lowest BCUT2D eigenvalue weighted by molar-refractivity contribution is 0.123. The molecule has 0 aliphatic rings. The predicted molar refractivity (Wildman–Crippen MR) is 64.2 cm³/mol. The number of fused-ring (bicyclic) bond motifs is 1. The van der Waals surface area contributed by atoms with E-state index >= 15 is 0 Å². The average molecular weight is 219 g/mol. The lowest BCUT2D eigenvalue weighted by Gasteiger charge is -1.97. The van der Waals surface area contributed by atoms with E-state index in [2.05, 4.69) is 29.0 Å². The van der Waals surface area contributed by atoms with E-state index in [0.29, 0.717) is 19.8 Å². The Morgan fingerprint density at radius 2 is 2.31 bits per heavy atom. The summed E-state index contributed by atoms with van der Waals surface area (Å²) in [6, 6.07) is 6.28. The number of hydrogen-bond donors (Lipinski definition) is 2. The molecule has 0 spiro atoms. The van der Waals surface area contributed by atoms with E-state index < -0.39 is 0 Å². The summed E-state index contributed by atoms with van der Waals surface area (Å²) in [7, 11) is 0. The van der Waals surface area contributed by atoms with E-state index in [9.17, 15) is 0 Å². The normalized spacial score (nSPS) is 11.1. The number of ether oxygens (including phenoxy) is 1. The first-order valence-corrected chi connectivity index (χ1v) is 5.59. The van der Waals surface area contributed by atoms with Gasteiger partial charge in [0.05, 0.1) is 17.6 Å². The van der Waals surface area contributed by atoms with Gasteiger partial charge in [0.1, 0.15) is 12.4 Å². The lowest BCUT2D eigenvalue weighted by Crippen LogP contribution is -2.08. The summed E-state index contributed by atoms with van der Waals surface area (Å²) in [5, 5.41) is 0. The molecule has 3 N–H and O–H groups in total. The highest BCUT2D eigenvalue weighted by Gasteiger charge is 2.03. The number of benzene rings is 1. The van der Waals surface area contributed by atoms with E-state index in [4.69, 9.17) is 10.5 Å². The van der Waals surface area contributed by atoms with Crippen LogP contribution in [0, 0.1) is 0 Å². The van der Waals surface area contributed by atoms with Gasteiger partial charge in [0.25, 0.3) is 0 Å². The second-order valence-corrected chi connectivity index (χ2v) is 3.73. The topological polar surface area (TPSA) is 63.9 Å². The molecule has 0 aliphatic heterocycles. The molecule has 0 saturated carbocycles. The van der Waals surface area contributed by atoms with E-state index in [1.54, 1.807) is 0 Å². The molecular weight excluding hydrogens is 202 g/mol. The molecule has 4 nitrogen and oxygen atoms in total. The number of rotatable bonds is 5. The smallest absolute Gasteiger partial charge is 0.133 e. The highest BCUT2D eigenvalue weighted by Crippen LogP contribution is 2.14. The standard InChI is InChI=1S/C12H17N3O/c1-2-9-3-4-10-11(7-9)15-12(14-10)8-16-6-5-13/h3-4,7H,2,5-6,8,13H2,1H3,(H,14,15). The Kier molecular flexibility index (Phi) is 3.54. The van der Waals surface area contributed by atoms with E-state index in [1.165, 1.54) is 5.56 Å². The summed E-state index contributed by atoms with van der Waals surface area (Å²) in [5.41, 5.74) is 8.72. The fraction of sp³-hybridized carbons (Fsp3) is 0.417. The summed E-state index contributed by atoms with van der Waals surface area (Å²) in [6.45, 7) is 3.74. The zero-order chi connectivity index (χ0) is 11.4. The van der Waals surface area contributed by atoms with Crippen LogP contribution in [0.4, 0.5) is 0 Å². The SMILES string of the molecule is CCc1ccc2nc(COCCN)[nH]c2c1. The quantitative estimate of drug-likeness (QED) is 0.751. The monoisotopic (exact) mass is 219 g/mol. The maximum Gasteiger partial charge on any atom is 0.133 e. The number of nitrogens with zero attached hydrogens (tertiary/aromatic N) is 1. The van der Waals surface area contributed by atoms with Gasteiger partial charge in [-0.25, -0.2) is 4.98 Å². The third kappa shape index (κ3) is 2.40. The highest BCUT2D eigenvalue weighted by molar-refractivity contribution is 5.75. The van der Waals surface area contributed by atoms with Crippen LogP contribution in [-0.4, -0.2) is 23.1 Å². The molecule has 0 bridgehead atoms.